The summed E-state index contributed by atoms with van der Waals surface area (Å²) in [5, 5.41) is 0. The molecule has 0 amide bonds. The molecule has 0 aliphatic heterocycles. The van der Waals surface area contributed by atoms with E-state index in [9.17, 15) is 0 Å². The first-order chi connectivity index (χ1) is 9.64. The van der Waals surface area contributed by atoms with Gasteiger partial charge in [-0.2, -0.15) is 0 Å². The summed E-state index contributed by atoms with van der Waals surface area (Å²) in [6, 6.07) is 2.99. The van der Waals surface area contributed by atoms with Gasteiger partial charge in [-0.25, -0.2) is 0 Å². The minimum atomic E-state index is -0.955. The highest BCUT2D eigenvalue weighted by Gasteiger charge is 2.31. The fourth-order valence-corrected chi connectivity index (χ4v) is 6.94. The second kappa shape index (κ2) is 12.9. The molecule has 0 aromatic carbocycles. The summed E-state index contributed by atoms with van der Waals surface area (Å²) in [6.45, 7) is 12.2. The molecule has 0 N–H and O–H groups in total. The van der Waals surface area contributed by atoms with Gasteiger partial charge in [-0.05, 0) is 5.54 Å². The van der Waals surface area contributed by atoms with Crippen LogP contribution in [-0.2, 0) is 0 Å². The highest BCUT2D eigenvalue weighted by molar-refractivity contribution is 6.79. The van der Waals surface area contributed by atoms with Gasteiger partial charge in [0.05, 0.1) is 8.07 Å². The molecule has 0 spiro atoms. The van der Waals surface area contributed by atoms with Crippen molar-refractivity contribution in [1.29, 1.82) is 0 Å². The van der Waals surface area contributed by atoms with Gasteiger partial charge in [0.1, 0.15) is 0 Å². The first kappa shape index (κ1) is 20.2. The van der Waals surface area contributed by atoms with Crippen molar-refractivity contribution in [3.63, 3.8) is 0 Å². The lowest BCUT2D eigenvalue weighted by Gasteiger charge is -2.35. The lowest BCUT2D eigenvalue weighted by Crippen LogP contribution is -2.34. The van der Waals surface area contributed by atoms with Gasteiger partial charge >= 0.3 is 0 Å². The van der Waals surface area contributed by atoms with E-state index >= 15 is 0 Å². The van der Waals surface area contributed by atoms with Crippen molar-refractivity contribution in [3.8, 4) is 0 Å². The van der Waals surface area contributed by atoms with E-state index in [1.165, 1.54) is 76.3 Å². The summed E-state index contributed by atoms with van der Waals surface area (Å²) >= 11 is 0. The average Bonchev–Trinajstić information content (AvgIpc) is 2.48. The van der Waals surface area contributed by atoms with E-state index in [2.05, 4.69) is 34.2 Å². The van der Waals surface area contributed by atoms with Crippen molar-refractivity contribution in [2.24, 2.45) is 0 Å². The Kier molecular flexibility index (Phi) is 13.1. The quantitative estimate of drug-likeness (QED) is 0.226. The Bertz CT molecular complexity index is 196. The van der Waals surface area contributed by atoms with E-state index in [-0.39, 0.29) is 0 Å². The summed E-state index contributed by atoms with van der Waals surface area (Å²) in [4.78, 5) is 0. The summed E-state index contributed by atoms with van der Waals surface area (Å²) < 4.78 is 0. The average molecular weight is 299 g/mol. The van der Waals surface area contributed by atoms with Gasteiger partial charge in [-0.3, -0.25) is 0 Å². The predicted octanol–water partition coefficient (Wildman–Crippen LogP) is 7.81. The van der Waals surface area contributed by atoms with Crippen LogP contribution in [0.5, 0.6) is 0 Å². The minimum Gasteiger partial charge on any atom is -0.0690 e. The van der Waals surface area contributed by atoms with Crippen molar-refractivity contribution < 1.29 is 0 Å². The summed E-state index contributed by atoms with van der Waals surface area (Å²) in [5.41, 5.74) is 1.11. The molecule has 0 aromatic rings. The Hall–Kier alpha value is 0.217. The molecule has 1 heteroatoms. The van der Waals surface area contributed by atoms with Gasteiger partial charge in [-0.1, -0.05) is 117 Å². The molecule has 20 heavy (non-hydrogen) atoms. The topological polar surface area (TPSA) is 0 Å². The summed E-state index contributed by atoms with van der Waals surface area (Å²) in [5.74, 6) is 0. The first-order valence-corrected chi connectivity index (χ1v) is 12.6. The second-order valence-corrected chi connectivity index (χ2v) is 12.6. The minimum absolute atomic E-state index is 0.955. The van der Waals surface area contributed by atoms with E-state index in [1.54, 1.807) is 6.42 Å². The molecular weight excluding hydrogens is 256 g/mol. The van der Waals surface area contributed by atoms with Crippen LogP contribution in [0.15, 0.2) is 0 Å². The molecule has 0 rings (SSSR count). The molecule has 0 aliphatic carbocycles. The van der Waals surface area contributed by atoms with Crippen LogP contribution in [-0.4, -0.2) is 8.07 Å². The highest BCUT2D eigenvalue weighted by Crippen LogP contribution is 2.38. The van der Waals surface area contributed by atoms with E-state index in [0.717, 1.165) is 5.54 Å². The standard InChI is InChI=1S/C19H42Si/c1-6-10-12-14-16-18-19(17-15-13-11-7-2)20(5,8-3)9-4/h19H,6-18H2,1-5H3. The van der Waals surface area contributed by atoms with Gasteiger partial charge in [0.15, 0.2) is 0 Å². The maximum atomic E-state index is 2.68. The monoisotopic (exact) mass is 298 g/mol. The van der Waals surface area contributed by atoms with E-state index in [4.69, 9.17) is 0 Å². The van der Waals surface area contributed by atoms with Crippen molar-refractivity contribution in [3.05, 3.63) is 0 Å². The SMILES string of the molecule is CCCCCCCC(CCCCCC)[Si](C)(CC)CC. The molecule has 1 atom stereocenters. The molecule has 0 nitrogen and oxygen atoms in total. The molecule has 1 unspecified atom stereocenters. The predicted molar refractivity (Wildman–Crippen MR) is 98.5 cm³/mol. The molecule has 0 heterocycles. The van der Waals surface area contributed by atoms with Crippen molar-refractivity contribution in [1.82, 2.24) is 0 Å². The third kappa shape index (κ3) is 8.49. The smallest absolute Gasteiger partial charge is 0.0530 e. The Balaban J connectivity index is 4.17. The Labute approximate surface area is 131 Å². The van der Waals surface area contributed by atoms with Crippen LogP contribution in [0.2, 0.25) is 24.2 Å². The van der Waals surface area contributed by atoms with Crippen LogP contribution in [0.3, 0.4) is 0 Å². The summed E-state index contributed by atoms with van der Waals surface area (Å²) in [6.07, 6.45) is 16.1. The van der Waals surface area contributed by atoms with Crippen LogP contribution in [0.4, 0.5) is 0 Å². The zero-order valence-electron chi connectivity index (χ0n) is 15.3. The number of unbranched alkanes of at least 4 members (excludes halogenated alkanes) is 7. The van der Waals surface area contributed by atoms with Crippen LogP contribution < -0.4 is 0 Å². The normalized spacial score (nSPS) is 13.7. The van der Waals surface area contributed by atoms with E-state index < -0.39 is 8.07 Å². The zero-order chi connectivity index (χ0) is 15.3. The molecular formula is C19H42Si. The van der Waals surface area contributed by atoms with Gasteiger partial charge < -0.3 is 0 Å². The van der Waals surface area contributed by atoms with Crippen LogP contribution in [0.1, 0.15) is 98.3 Å². The van der Waals surface area contributed by atoms with E-state index in [1.807, 2.05) is 0 Å². The molecule has 0 aliphatic rings. The van der Waals surface area contributed by atoms with Crippen molar-refractivity contribution >= 4 is 8.07 Å². The fraction of sp³-hybridized carbons (Fsp3) is 1.00. The molecule has 0 bridgehead atoms. The molecule has 0 fully saturated rings. The lowest BCUT2D eigenvalue weighted by atomic mass is 10.0. The maximum Gasteiger partial charge on any atom is 0.0530 e. The van der Waals surface area contributed by atoms with Crippen molar-refractivity contribution in [2.75, 3.05) is 0 Å². The molecule has 0 saturated carbocycles. The maximum absolute atomic E-state index is 2.68. The molecule has 0 aromatic heterocycles. The largest absolute Gasteiger partial charge is 0.0690 e. The van der Waals surface area contributed by atoms with Gasteiger partial charge in [0.25, 0.3) is 0 Å². The summed E-state index contributed by atoms with van der Waals surface area (Å²) in [7, 11) is -0.955. The number of hydrogen-bond donors (Lipinski definition) is 0. The highest BCUT2D eigenvalue weighted by atomic mass is 28.3. The van der Waals surface area contributed by atoms with Crippen LogP contribution >= 0.6 is 0 Å². The zero-order valence-corrected chi connectivity index (χ0v) is 16.3. The van der Waals surface area contributed by atoms with Gasteiger partial charge in [0.2, 0.25) is 0 Å². The molecule has 0 radical (unpaired) electrons. The lowest BCUT2D eigenvalue weighted by molar-refractivity contribution is 0.535. The van der Waals surface area contributed by atoms with Gasteiger partial charge in [-0.15, -0.1) is 0 Å². The molecule has 0 saturated heterocycles. The Morgan fingerprint density at radius 1 is 0.600 bits per heavy atom. The molecule has 122 valence electrons. The van der Waals surface area contributed by atoms with Crippen molar-refractivity contribution in [2.45, 2.75) is 123 Å². The van der Waals surface area contributed by atoms with Gasteiger partial charge in [0, 0.05) is 0 Å². The number of hydrogen-bond acceptors (Lipinski definition) is 0. The van der Waals surface area contributed by atoms with Crippen LogP contribution in [0, 0.1) is 0 Å². The van der Waals surface area contributed by atoms with E-state index in [0.29, 0.717) is 0 Å². The Morgan fingerprint density at radius 3 is 1.40 bits per heavy atom. The third-order valence-corrected chi connectivity index (χ3v) is 11.4. The third-order valence-electron chi connectivity index (χ3n) is 5.66. The first-order valence-electron chi connectivity index (χ1n) is 9.64. The van der Waals surface area contributed by atoms with Crippen LogP contribution in [0.25, 0.3) is 0 Å². The fourth-order valence-electron chi connectivity index (χ4n) is 3.48. The second-order valence-electron chi connectivity index (χ2n) is 7.11. The number of rotatable bonds is 14. The Morgan fingerprint density at radius 2 is 1.00 bits per heavy atom.